The van der Waals surface area contributed by atoms with Crippen molar-refractivity contribution in [3.8, 4) is 6.07 Å². The van der Waals surface area contributed by atoms with Gasteiger partial charge in [-0.2, -0.15) is 5.26 Å². The molecule has 2 amide bonds. The number of rotatable bonds is 9. The van der Waals surface area contributed by atoms with Crippen LogP contribution in [0.4, 0.5) is 4.79 Å². The van der Waals surface area contributed by atoms with Gasteiger partial charge >= 0.3 is 6.09 Å². The van der Waals surface area contributed by atoms with Crippen LogP contribution in [-0.4, -0.2) is 118 Å². The summed E-state index contributed by atoms with van der Waals surface area (Å²) in [5.74, 6) is 0.0331. The van der Waals surface area contributed by atoms with Gasteiger partial charge in [-0.15, -0.1) is 0 Å². The van der Waals surface area contributed by atoms with Gasteiger partial charge in [0.25, 0.3) is 0 Å². The van der Waals surface area contributed by atoms with Crippen LogP contribution in [0.1, 0.15) is 45.4 Å². The van der Waals surface area contributed by atoms with Gasteiger partial charge in [0.2, 0.25) is 11.9 Å². The first-order valence-electron chi connectivity index (χ1n) is 13.3. The molecule has 1 unspecified atom stereocenters. The number of nitrogens with zero attached hydrogens (tertiary/aromatic N) is 5. The van der Waals surface area contributed by atoms with Crippen LogP contribution in [0.25, 0.3) is 0 Å². The van der Waals surface area contributed by atoms with Gasteiger partial charge < -0.3 is 24.6 Å². The average Bonchev–Trinajstić information content (AvgIpc) is 3.32. The zero-order valence-electron chi connectivity index (χ0n) is 22.0. The van der Waals surface area contributed by atoms with Gasteiger partial charge in [0.15, 0.2) is 0 Å². The second-order valence-electron chi connectivity index (χ2n) is 10.4. The van der Waals surface area contributed by atoms with Crippen molar-refractivity contribution in [1.29, 1.82) is 5.26 Å². The van der Waals surface area contributed by atoms with E-state index in [0.29, 0.717) is 45.2 Å². The Balaban J connectivity index is 1.64. The lowest BCUT2D eigenvalue weighted by Gasteiger charge is -2.32. The summed E-state index contributed by atoms with van der Waals surface area (Å²) in [6, 6.07) is 1.26. The molecule has 0 aromatic carbocycles. The topological polar surface area (TPSA) is 123 Å². The van der Waals surface area contributed by atoms with Crippen LogP contribution in [0.2, 0.25) is 0 Å². The summed E-state index contributed by atoms with van der Waals surface area (Å²) in [6.07, 6.45) is 5.58. The molecule has 0 bridgehead atoms. The number of carbonyl (C=O) groups is 2. The molecule has 2 heterocycles. The number of morpholine rings is 1. The van der Waals surface area contributed by atoms with E-state index < -0.39 is 12.1 Å². The number of guanidine groups is 1. The monoisotopic (exact) mass is 505 g/mol. The predicted molar refractivity (Wildman–Crippen MR) is 136 cm³/mol. The average molecular weight is 506 g/mol. The molecule has 0 aromatic rings. The highest BCUT2D eigenvalue weighted by Gasteiger charge is 2.31. The number of nitriles is 1. The Morgan fingerprint density at radius 2 is 1.83 bits per heavy atom. The summed E-state index contributed by atoms with van der Waals surface area (Å²) < 4.78 is 10.9. The lowest BCUT2D eigenvalue weighted by molar-refractivity contribution is -0.122. The number of nitrogens with one attached hydrogen (secondary N) is 2. The van der Waals surface area contributed by atoms with E-state index >= 15 is 0 Å². The predicted octanol–water partition coefficient (Wildman–Crippen LogP) is 1.02. The van der Waals surface area contributed by atoms with Gasteiger partial charge in [0.05, 0.1) is 19.3 Å². The molecule has 3 fully saturated rings. The Kier molecular flexibility index (Phi) is 11.2. The molecule has 1 aliphatic carbocycles. The van der Waals surface area contributed by atoms with Crippen molar-refractivity contribution >= 4 is 18.0 Å². The standard InChI is InChI=1S/C25H43N7O4/c1-25(6-3-4-7-25)8-5-21(22(33)27-10-9-26)28-23(32-16-18-35-19-17-32)29-24(34)36-20-15-31-13-11-30(2)12-14-31/h21H,3-8,10-20H2,1-2H3,(H,27,33)(H,28,29,34). The Hall–Kier alpha value is -2.42. The van der Waals surface area contributed by atoms with E-state index in [1.165, 1.54) is 12.8 Å². The van der Waals surface area contributed by atoms with Crippen LogP contribution in [-0.2, 0) is 14.3 Å². The third kappa shape index (κ3) is 9.22. The zero-order valence-corrected chi connectivity index (χ0v) is 22.0. The first kappa shape index (κ1) is 28.2. The number of alkyl carbamates (subject to hydrolysis) is 1. The minimum Gasteiger partial charge on any atom is -0.448 e. The highest BCUT2D eigenvalue weighted by molar-refractivity contribution is 5.95. The first-order valence-corrected chi connectivity index (χ1v) is 13.3. The number of likely N-dealkylation sites (N-methyl/N-ethyl adjacent to an activating group) is 1. The van der Waals surface area contributed by atoms with E-state index in [9.17, 15) is 9.59 Å². The van der Waals surface area contributed by atoms with Gasteiger partial charge in [-0.25, -0.2) is 9.79 Å². The fraction of sp³-hybridized carbons (Fsp3) is 0.840. The molecule has 202 valence electrons. The Labute approximate surface area is 215 Å². The maximum atomic E-state index is 12.9. The quantitative estimate of drug-likeness (QED) is 0.271. The summed E-state index contributed by atoms with van der Waals surface area (Å²) >= 11 is 0. The van der Waals surface area contributed by atoms with Crippen molar-refractivity contribution in [3.05, 3.63) is 0 Å². The molecule has 1 atom stereocenters. The van der Waals surface area contributed by atoms with E-state index in [0.717, 1.165) is 45.4 Å². The van der Waals surface area contributed by atoms with Gasteiger partial charge in [-0.05, 0) is 38.1 Å². The third-order valence-electron chi connectivity index (χ3n) is 7.52. The normalized spacial score (nSPS) is 22.0. The van der Waals surface area contributed by atoms with Crippen LogP contribution in [0.3, 0.4) is 0 Å². The van der Waals surface area contributed by atoms with Crippen LogP contribution >= 0.6 is 0 Å². The van der Waals surface area contributed by atoms with E-state index in [1.807, 2.05) is 11.0 Å². The van der Waals surface area contributed by atoms with Gasteiger partial charge in [0.1, 0.15) is 19.2 Å². The second-order valence-corrected chi connectivity index (χ2v) is 10.4. The molecule has 1 saturated carbocycles. The first-order chi connectivity index (χ1) is 17.4. The van der Waals surface area contributed by atoms with Crippen LogP contribution in [0.5, 0.6) is 0 Å². The highest BCUT2D eigenvalue weighted by atomic mass is 16.5. The fourth-order valence-corrected chi connectivity index (χ4v) is 5.04. The molecular formula is C25H43N7O4. The lowest BCUT2D eigenvalue weighted by atomic mass is 9.82. The smallest absolute Gasteiger partial charge is 0.414 e. The third-order valence-corrected chi connectivity index (χ3v) is 7.52. The molecule has 2 saturated heterocycles. The number of piperazine rings is 1. The Morgan fingerprint density at radius 1 is 1.14 bits per heavy atom. The van der Waals surface area contributed by atoms with E-state index in [4.69, 9.17) is 19.7 Å². The number of ether oxygens (including phenoxy) is 2. The summed E-state index contributed by atoms with van der Waals surface area (Å²) in [5, 5.41) is 14.4. The number of hydrogen-bond acceptors (Lipinski definition) is 8. The minimum atomic E-state index is -0.695. The van der Waals surface area contributed by atoms with E-state index in [-0.39, 0.29) is 24.5 Å². The van der Waals surface area contributed by atoms with Crippen molar-refractivity contribution < 1.29 is 19.1 Å². The summed E-state index contributed by atoms with van der Waals surface area (Å²) in [5.41, 5.74) is 0.206. The molecule has 11 nitrogen and oxygen atoms in total. The second kappa shape index (κ2) is 14.4. The molecule has 0 spiro atoms. The van der Waals surface area contributed by atoms with E-state index in [1.54, 1.807) is 0 Å². The molecule has 3 aliphatic rings. The summed E-state index contributed by atoms with van der Waals surface area (Å²) in [7, 11) is 2.11. The minimum absolute atomic E-state index is 0.0726. The molecule has 0 aromatic heterocycles. The van der Waals surface area contributed by atoms with Crippen molar-refractivity contribution in [1.82, 2.24) is 25.3 Å². The van der Waals surface area contributed by atoms with Gasteiger partial charge in [0, 0.05) is 45.8 Å². The molecule has 3 rings (SSSR count). The zero-order chi connectivity index (χ0) is 25.8. The van der Waals surface area contributed by atoms with Crippen molar-refractivity contribution in [3.63, 3.8) is 0 Å². The van der Waals surface area contributed by atoms with Crippen LogP contribution in [0, 0.1) is 16.7 Å². The van der Waals surface area contributed by atoms with Crippen molar-refractivity contribution in [2.24, 2.45) is 10.4 Å². The summed E-state index contributed by atoms with van der Waals surface area (Å²) in [6.45, 7) is 9.26. The fourth-order valence-electron chi connectivity index (χ4n) is 5.04. The van der Waals surface area contributed by atoms with Crippen molar-refractivity contribution in [2.45, 2.75) is 51.5 Å². The highest BCUT2D eigenvalue weighted by Crippen LogP contribution is 2.41. The molecular weight excluding hydrogens is 462 g/mol. The molecule has 2 aliphatic heterocycles. The molecule has 0 radical (unpaired) electrons. The SMILES string of the molecule is CN1CCN(CCOC(=O)N/C(=N\C(CCC2(C)CCCC2)C(=O)NCC#N)N2CCOCC2)CC1. The van der Waals surface area contributed by atoms with Gasteiger partial charge in [-0.1, -0.05) is 19.8 Å². The maximum Gasteiger partial charge on any atom is 0.414 e. The molecule has 36 heavy (non-hydrogen) atoms. The van der Waals surface area contributed by atoms with Crippen LogP contribution < -0.4 is 10.6 Å². The Morgan fingerprint density at radius 3 is 2.50 bits per heavy atom. The number of carbonyl (C=O) groups excluding carboxylic acids is 2. The Bertz CT molecular complexity index is 780. The van der Waals surface area contributed by atoms with Crippen LogP contribution in [0.15, 0.2) is 4.99 Å². The van der Waals surface area contributed by atoms with Crippen molar-refractivity contribution in [2.75, 3.05) is 79.2 Å². The molecule has 2 N–H and O–H groups in total. The number of hydrogen-bond donors (Lipinski definition) is 2. The number of aliphatic imine (C=N–C) groups is 1. The van der Waals surface area contributed by atoms with Gasteiger partial charge in [-0.3, -0.25) is 15.0 Å². The largest absolute Gasteiger partial charge is 0.448 e. The summed E-state index contributed by atoms with van der Waals surface area (Å²) in [4.78, 5) is 36.8. The lowest BCUT2D eigenvalue weighted by Crippen LogP contribution is -2.51. The van der Waals surface area contributed by atoms with E-state index in [2.05, 4.69) is 34.4 Å². The molecule has 11 heteroatoms. The maximum absolute atomic E-state index is 12.9. The number of amides is 2.